The number of pyridine rings is 1. The number of amides is 1. The zero-order valence-corrected chi connectivity index (χ0v) is 24.4. The lowest BCUT2D eigenvalue weighted by Crippen LogP contribution is -2.41. The number of ether oxygens (including phenoxy) is 1. The van der Waals surface area contributed by atoms with Crippen molar-refractivity contribution in [3.8, 4) is 11.1 Å². The van der Waals surface area contributed by atoms with Gasteiger partial charge in [0.05, 0.1) is 17.4 Å². The summed E-state index contributed by atoms with van der Waals surface area (Å²) in [7, 11) is 0. The van der Waals surface area contributed by atoms with Crippen LogP contribution >= 0.6 is 11.6 Å². The fourth-order valence-electron chi connectivity index (χ4n) is 5.39. The first-order chi connectivity index (χ1) is 19.5. The van der Waals surface area contributed by atoms with Crippen LogP contribution < -0.4 is 21.9 Å². The standard InChI is InChI=1S/C31H37ClN6O3/c1-31(2,3)41-30(40)35-24-10-7-19(8-11-24)16-34-25-14-22(15-26-28(25)29(33)37-36-26)21-9-12-27(39)38(18-21)17-20-5-4-6-23(32)13-20/h4-6,9,12-15,18-19,24,34H,7-8,10-11,16-17H2,1-3H3,(H,35,40)(H3,33,36,37). The third kappa shape index (κ3) is 7.21. The van der Waals surface area contributed by atoms with Crippen LogP contribution in [0.3, 0.4) is 0 Å². The van der Waals surface area contributed by atoms with Crippen LogP contribution in [-0.2, 0) is 11.3 Å². The van der Waals surface area contributed by atoms with E-state index in [2.05, 4.69) is 26.9 Å². The summed E-state index contributed by atoms with van der Waals surface area (Å²) in [6, 6.07) is 15.1. The van der Waals surface area contributed by atoms with E-state index < -0.39 is 5.60 Å². The summed E-state index contributed by atoms with van der Waals surface area (Å²) in [6.45, 7) is 6.79. The van der Waals surface area contributed by atoms with Crippen molar-refractivity contribution in [1.82, 2.24) is 20.1 Å². The number of benzene rings is 2. The summed E-state index contributed by atoms with van der Waals surface area (Å²) < 4.78 is 7.09. The van der Waals surface area contributed by atoms with Gasteiger partial charge in [-0.2, -0.15) is 5.10 Å². The fourth-order valence-corrected chi connectivity index (χ4v) is 5.60. The van der Waals surface area contributed by atoms with E-state index in [-0.39, 0.29) is 17.7 Å². The molecule has 1 amide bonds. The van der Waals surface area contributed by atoms with Crippen molar-refractivity contribution in [3.05, 3.63) is 75.7 Å². The molecule has 0 bridgehead atoms. The van der Waals surface area contributed by atoms with E-state index in [9.17, 15) is 9.59 Å². The van der Waals surface area contributed by atoms with Crippen molar-refractivity contribution < 1.29 is 9.53 Å². The second kappa shape index (κ2) is 11.9. The van der Waals surface area contributed by atoms with E-state index in [4.69, 9.17) is 22.1 Å². The van der Waals surface area contributed by atoms with Gasteiger partial charge in [0.25, 0.3) is 5.56 Å². The van der Waals surface area contributed by atoms with Gasteiger partial charge in [0, 0.05) is 35.6 Å². The first kappa shape index (κ1) is 28.5. The second-order valence-electron chi connectivity index (χ2n) is 11.8. The number of hydrogen-bond donors (Lipinski definition) is 4. The van der Waals surface area contributed by atoms with Crippen molar-refractivity contribution >= 4 is 40.1 Å². The Balaban J connectivity index is 1.30. The van der Waals surface area contributed by atoms with Crippen molar-refractivity contribution in [3.63, 3.8) is 0 Å². The molecule has 2 heterocycles. The summed E-state index contributed by atoms with van der Waals surface area (Å²) in [5.41, 5.74) is 10.1. The molecule has 0 aliphatic heterocycles. The summed E-state index contributed by atoms with van der Waals surface area (Å²) in [6.07, 6.45) is 5.31. The van der Waals surface area contributed by atoms with Crippen LogP contribution in [0.1, 0.15) is 52.0 Å². The van der Waals surface area contributed by atoms with Crippen LogP contribution in [0.15, 0.2) is 59.5 Å². The lowest BCUT2D eigenvalue weighted by Gasteiger charge is -2.30. The molecule has 5 N–H and O–H groups in total. The summed E-state index contributed by atoms with van der Waals surface area (Å²) in [5, 5.41) is 15.4. The molecule has 1 aliphatic carbocycles. The Morgan fingerprint density at radius 1 is 1.12 bits per heavy atom. The minimum atomic E-state index is -0.506. The molecular weight excluding hydrogens is 540 g/mol. The van der Waals surface area contributed by atoms with Crippen LogP contribution in [0.2, 0.25) is 5.02 Å². The van der Waals surface area contributed by atoms with E-state index >= 15 is 0 Å². The van der Waals surface area contributed by atoms with Gasteiger partial charge < -0.3 is 25.7 Å². The predicted octanol–water partition coefficient (Wildman–Crippen LogP) is 6.17. The SMILES string of the molecule is CC(C)(C)OC(=O)NC1CCC(CNc2cc(-c3ccc(=O)n(Cc4cccc(Cl)c4)c3)cc3[nH]nc(N)c23)CC1. The smallest absolute Gasteiger partial charge is 0.407 e. The number of H-pyrrole nitrogens is 1. The number of fused-ring (bicyclic) bond motifs is 1. The molecule has 2 aromatic heterocycles. The van der Waals surface area contributed by atoms with Gasteiger partial charge in [0.15, 0.2) is 5.82 Å². The van der Waals surface area contributed by atoms with Gasteiger partial charge in [-0.25, -0.2) is 4.79 Å². The van der Waals surface area contributed by atoms with Gasteiger partial charge >= 0.3 is 6.09 Å². The summed E-state index contributed by atoms with van der Waals surface area (Å²) in [5.74, 6) is 0.892. The number of nitrogens with two attached hydrogens (primary N) is 1. The number of nitrogen functional groups attached to an aromatic ring is 1. The molecule has 0 saturated heterocycles. The van der Waals surface area contributed by atoms with Crippen molar-refractivity contribution in [2.75, 3.05) is 17.6 Å². The van der Waals surface area contributed by atoms with Gasteiger partial charge in [0.2, 0.25) is 0 Å². The van der Waals surface area contributed by atoms with Gasteiger partial charge in [-0.1, -0.05) is 23.7 Å². The minimum absolute atomic E-state index is 0.0873. The maximum absolute atomic E-state index is 12.7. The van der Waals surface area contributed by atoms with Crippen molar-refractivity contribution in [2.45, 2.75) is 64.6 Å². The Bertz CT molecular complexity index is 1600. The van der Waals surface area contributed by atoms with Crippen LogP contribution in [-0.4, -0.2) is 39.0 Å². The number of halogens is 1. The number of anilines is 2. The average molecular weight is 577 g/mol. The molecule has 5 rings (SSSR count). The lowest BCUT2D eigenvalue weighted by molar-refractivity contribution is 0.0488. The molecule has 2 aromatic carbocycles. The highest BCUT2D eigenvalue weighted by atomic mass is 35.5. The monoisotopic (exact) mass is 576 g/mol. The molecule has 1 saturated carbocycles. The first-order valence-electron chi connectivity index (χ1n) is 14.0. The molecule has 4 aromatic rings. The predicted molar refractivity (Wildman–Crippen MR) is 164 cm³/mol. The number of nitrogens with one attached hydrogen (secondary N) is 3. The van der Waals surface area contributed by atoms with E-state index in [0.717, 1.165) is 65.5 Å². The fraction of sp³-hybridized carbons (Fsp3) is 0.387. The Kier molecular flexibility index (Phi) is 8.26. The van der Waals surface area contributed by atoms with Gasteiger partial charge in [-0.15, -0.1) is 0 Å². The van der Waals surface area contributed by atoms with Crippen molar-refractivity contribution in [2.24, 2.45) is 5.92 Å². The zero-order chi connectivity index (χ0) is 29.1. The molecule has 0 unspecified atom stereocenters. The normalized spacial score (nSPS) is 17.4. The molecule has 0 spiro atoms. The molecule has 216 valence electrons. The third-order valence-electron chi connectivity index (χ3n) is 7.40. The van der Waals surface area contributed by atoms with E-state index in [1.54, 1.807) is 10.6 Å². The molecule has 10 heteroatoms. The number of aromatic amines is 1. The van der Waals surface area contributed by atoms with Gasteiger partial charge in [0.1, 0.15) is 5.60 Å². The number of aromatic nitrogens is 3. The molecule has 0 radical (unpaired) electrons. The summed E-state index contributed by atoms with van der Waals surface area (Å²) in [4.78, 5) is 24.8. The van der Waals surface area contributed by atoms with Crippen LogP contribution in [0, 0.1) is 5.92 Å². The zero-order valence-electron chi connectivity index (χ0n) is 23.7. The quantitative estimate of drug-likeness (QED) is 0.208. The van der Waals surface area contributed by atoms with E-state index in [0.29, 0.717) is 23.3 Å². The van der Waals surface area contributed by atoms with E-state index in [1.807, 2.05) is 63.4 Å². The highest BCUT2D eigenvalue weighted by molar-refractivity contribution is 6.30. The van der Waals surface area contributed by atoms with Crippen molar-refractivity contribution in [1.29, 1.82) is 0 Å². The Hall–Kier alpha value is -3.98. The highest BCUT2D eigenvalue weighted by Gasteiger charge is 2.25. The maximum Gasteiger partial charge on any atom is 0.407 e. The van der Waals surface area contributed by atoms with Crippen LogP contribution in [0.5, 0.6) is 0 Å². The highest BCUT2D eigenvalue weighted by Crippen LogP contribution is 2.34. The number of carbonyl (C=O) groups is 1. The Morgan fingerprint density at radius 2 is 1.90 bits per heavy atom. The number of alkyl carbamates (subject to hydrolysis) is 1. The van der Waals surface area contributed by atoms with Crippen LogP contribution in [0.25, 0.3) is 22.0 Å². The van der Waals surface area contributed by atoms with Gasteiger partial charge in [-0.05, 0) is 99.4 Å². The number of hydrogen-bond acceptors (Lipinski definition) is 6. The summed E-state index contributed by atoms with van der Waals surface area (Å²) >= 11 is 6.15. The lowest BCUT2D eigenvalue weighted by atomic mass is 9.86. The minimum Gasteiger partial charge on any atom is -0.444 e. The largest absolute Gasteiger partial charge is 0.444 e. The molecule has 9 nitrogen and oxygen atoms in total. The molecule has 1 fully saturated rings. The Morgan fingerprint density at radius 3 is 2.63 bits per heavy atom. The van der Waals surface area contributed by atoms with Crippen LogP contribution in [0.4, 0.5) is 16.3 Å². The topological polar surface area (TPSA) is 127 Å². The third-order valence-corrected chi connectivity index (χ3v) is 7.63. The Labute approximate surface area is 244 Å². The first-order valence-corrected chi connectivity index (χ1v) is 14.4. The maximum atomic E-state index is 12.7. The van der Waals surface area contributed by atoms with E-state index in [1.165, 1.54) is 0 Å². The molecule has 1 aliphatic rings. The molecule has 41 heavy (non-hydrogen) atoms. The molecular formula is C31H37ClN6O3. The van der Waals surface area contributed by atoms with Gasteiger partial charge in [-0.3, -0.25) is 9.89 Å². The second-order valence-corrected chi connectivity index (χ2v) is 12.3. The number of rotatable bonds is 7. The number of nitrogens with zero attached hydrogens (tertiary/aromatic N) is 2. The number of carbonyl (C=O) groups excluding carboxylic acids is 1. The average Bonchev–Trinajstić information content (AvgIpc) is 3.29. The molecule has 0 atom stereocenters.